The minimum atomic E-state index is -3.35. The molecule has 6 heteroatoms. The van der Waals surface area contributed by atoms with Gasteiger partial charge in [0.25, 0.3) is 0 Å². The van der Waals surface area contributed by atoms with Crippen LogP contribution in [-0.4, -0.2) is 20.5 Å². The van der Waals surface area contributed by atoms with E-state index in [1.54, 1.807) is 6.07 Å². The lowest BCUT2D eigenvalue weighted by atomic mass is 10.2. The lowest BCUT2D eigenvalue weighted by molar-refractivity contribution is 0.535. The van der Waals surface area contributed by atoms with Crippen LogP contribution < -0.4 is 10.0 Å². The summed E-state index contributed by atoms with van der Waals surface area (Å²) in [4.78, 5) is 1.08. The zero-order valence-corrected chi connectivity index (χ0v) is 13.8. The normalized spacial score (nSPS) is 17.3. The zero-order valence-electron chi connectivity index (χ0n) is 12.2. The third-order valence-electron chi connectivity index (χ3n) is 3.39. The summed E-state index contributed by atoms with van der Waals surface area (Å²) in [6.07, 6.45) is 5.50. The van der Waals surface area contributed by atoms with E-state index in [1.807, 2.05) is 13.0 Å². The number of sulfonamides is 1. The molecule has 1 saturated carbocycles. The van der Waals surface area contributed by atoms with Crippen molar-refractivity contribution in [3.63, 3.8) is 0 Å². The lowest BCUT2D eigenvalue weighted by Crippen LogP contribution is -2.32. The fraction of sp³-hybridized carbons (Fsp3) is 0.714. The predicted molar refractivity (Wildman–Crippen MR) is 83.5 cm³/mol. The van der Waals surface area contributed by atoms with Crippen LogP contribution in [0.3, 0.4) is 0 Å². The Labute approximate surface area is 126 Å². The maximum Gasteiger partial charge on any atom is 0.250 e. The van der Waals surface area contributed by atoms with Gasteiger partial charge in [-0.3, -0.25) is 0 Å². The van der Waals surface area contributed by atoms with Crippen LogP contribution in [0, 0.1) is 0 Å². The molecule has 20 heavy (non-hydrogen) atoms. The zero-order chi connectivity index (χ0) is 14.6. The second kappa shape index (κ2) is 7.02. The summed E-state index contributed by atoms with van der Waals surface area (Å²) < 4.78 is 27.7. The van der Waals surface area contributed by atoms with Gasteiger partial charge < -0.3 is 5.32 Å². The van der Waals surface area contributed by atoms with E-state index in [9.17, 15) is 8.42 Å². The molecule has 0 spiro atoms. The molecule has 1 atom stereocenters. The Kier molecular flexibility index (Phi) is 5.60. The van der Waals surface area contributed by atoms with Gasteiger partial charge in [-0.25, -0.2) is 13.1 Å². The first-order valence-corrected chi connectivity index (χ1v) is 9.65. The van der Waals surface area contributed by atoms with Crippen LogP contribution in [0.2, 0.25) is 0 Å². The average Bonchev–Trinajstić information content (AvgIpc) is 3.09. The smallest absolute Gasteiger partial charge is 0.250 e. The quantitative estimate of drug-likeness (QED) is 0.736. The molecule has 2 N–H and O–H groups in total. The molecular weight excluding hydrogens is 292 g/mol. The molecule has 0 amide bonds. The van der Waals surface area contributed by atoms with Crippen molar-refractivity contribution in [3.8, 4) is 0 Å². The van der Waals surface area contributed by atoms with Gasteiger partial charge in [0.1, 0.15) is 4.21 Å². The van der Waals surface area contributed by atoms with E-state index in [1.165, 1.54) is 24.2 Å². The van der Waals surface area contributed by atoms with Crippen LogP contribution in [0.4, 0.5) is 0 Å². The Hall–Kier alpha value is -0.430. The summed E-state index contributed by atoms with van der Waals surface area (Å²) in [7, 11) is -3.35. The van der Waals surface area contributed by atoms with Crippen molar-refractivity contribution >= 4 is 21.4 Å². The molecule has 0 aliphatic heterocycles. The van der Waals surface area contributed by atoms with E-state index < -0.39 is 10.0 Å². The number of nitrogens with one attached hydrogen (secondary N) is 2. The molecule has 1 aliphatic carbocycles. The molecule has 1 aromatic rings. The van der Waals surface area contributed by atoms with Crippen LogP contribution in [-0.2, 0) is 16.6 Å². The van der Waals surface area contributed by atoms with E-state index in [2.05, 4.69) is 17.0 Å². The van der Waals surface area contributed by atoms with Crippen molar-refractivity contribution in [2.24, 2.45) is 0 Å². The molecule has 4 nitrogen and oxygen atoms in total. The van der Waals surface area contributed by atoms with E-state index in [0.717, 1.165) is 30.7 Å². The molecule has 1 unspecified atom stereocenters. The fourth-order valence-electron chi connectivity index (χ4n) is 2.02. The van der Waals surface area contributed by atoms with Gasteiger partial charge in [-0.1, -0.05) is 19.8 Å². The Morgan fingerprint density at radius 1 is 1.40 bits per heavy atom. The van der Waals surface area contributed by atoms with Gasteiger partial charge in [0.15, 0.2) is 0 Å². The number of thiophene rings is 1. The van der Waals surface area contributed by atoms with E-state index in [4.69, 9.17) is 0 Å². The number of rotatable bonds is 9. The number of hydrogen-bond donors (Lipinski definition) is 2. The van der Waals surface area contributed by atoms with Crippen molar-refractivity contribution in [2.75, 3.05) is 0 Å². The summed E-state index contributed by atoms with van der Waals surface area (Å²) in [5, 5.41) is 3.40. The van der Waals surface area contributed by atoms with Gasteiger partial charge >= 0.3 is 0 Å². The Balaban J connectivity index is 1.90. The fourth-order valence-corrected chi connectivity index (χ4v) is 4.62. The first-order chi connectivity index (χ1) is 9.51. The highest BCUT2D eigenvalue weighted by molar-refractivity contribution is 7.91. The molecule has 0 saturated heterocycles. The third-order valence-corrected chi connectivity index (χ3v) is 6.56. The monoisotopic (exact) mass is 316 g/mol. The van der Waals surface area contributed by atoms with Crippen LogP contribution in [0.15, 0.2) is 16.3 Å². The van der Waals surface area contributed by atoms with Crippen molar-refractivity contribution in [3.05, 3.63) is 17.0 Å². The van der Waals surface area contributed by atoms with Crippen molar-refractivity contribution in [1.29, 1.82) is 0 Å². The van der Waals surface area contributed by atoms with E-state index in [-0.39, 0.29) is 6.04 Å². The standard InChI is InChI=1S/C14H24N2O2S2/c1-3-4-5-11(2)16-20(17,18)14-9-8-13(19-14)10-15-12-6-7-12/h8-9,11-12,15-16H,3-7,10H2,1-2H3. The van der Waals surface area contributed by atoms with Gasteiger partial charge in [0.05, 0.1) is 0 Å². The first-order valence-electron chi connectivity index (χ1n) is 7.35. The summed E-state index contributed by atoms with van der Waals surface area (Å²) in [6.45, 7) is 4.81. The highest BCUT2D eigenvalue weighted by Gasteiger charge is 2.22. The summed E-state index contributed by atoms with van der Waals surface area (Å²) in [5.74, 6) is 0. The van der Waals surface area contributed by atoms with Crippen LogP contribution >= 0.6 is 11.3 Å². The average molecular weight is 316 g/mol. The summed E-state index contributed by atoms with van der Waals surface area (Å²) in [6, 6.07) is 4.26. The Morgan fingerprint density at radius 3 is 2.80 bits per heavy atom. The molecule has 1 heterocycles. The summed E-state index contributed by atoms with van der Waals surface area (Å²) in [5.41, 5.74) is 0. The maximum absolute atomic E-state index is 12.2. The highest BCUT2D eigenvalue weighted by Crippen LogP contribution is 2.24. The molecular formula is C14H24N2O2S2. The van der Waals surface area contributed by atoms with Crippen LogP contribution in [0.5, 0.6) is 0 Å². The molecule has 0 radical (unpaired) electrons. The van der Waals surface area contributed by atoms with Gasteiger partial charge in [-0.15, -0.1) is 11.3 Å². The van der Waals surface area contributed by atoms with Crippen LogP contribution in [0.1, 0.15) is 50.8 Å². The minimum Gasteiger partial charge on any atom is -0.309 e. The highest BCUT2D eigenvalue weighted by atomic mass is 32.2. The van der Waals surface area contributed by atoms with Crippen molar-refractivity contribution in [1.82, 2.24) is 10.0 Å². The largest absolute Gasteiger partial charge is 0.309 e. The molecule has 0 aromatic carbocycles. The third kappa shape index (κ3) is 4.84. The second-order valence-corrected chi connectivity index (χ2v) is 8.65. The first kappa shape index (κ1) is 15.9. The summed E-state index contributed by atoms with van der Waals surface area (Å²) >= 11 is 1.36. The SMILES string of the molecule is CCCCC(C)NS(=O)(=O)c1ccc(CNC2CC2)s1. The molecule has 1 fully saturated rings. The van der Waals surface area contributed by atoms with Gasteiger partial charge in [-0.2, -0.15) is 0 Å². The Bertz CT molecular complexity index is 521. The van der Waals surface area contributed by atoms with Crippen LogP contribution in [0.25, 0.3) is 0 Å². The molecule has 1 aromatic heterocycles. The van der Waals surface area contributed by atoms with Gasteiger partial charge in [0.2, 0.25) is 10.0 Å². The van der Waals surface area contributed by atoms with Crippen molar-refractivity contribution < 1.29 is 8.42 Å². The van der Waals surface area contributed by atoms with E-state index >= 15 is 0 Å². The second-order valence-electron chi connectivity index (χ2n) is 5.54. The Morgan fingerprint density at radius 2 is 2.15 bits per heavy atom. The van der Waals surface area contributed by atoms with Gasteiger partial charge in [-0.05, 0) is 38.3 Å². The van der Waals surface area contributed by atoms with E-state index in [0.29, 0.717) is 10.3 Å². The molecule has 114 valence electrons. The molecule has 0 bridgehead atoms. The molecule has 1 aliphatic rings. The topological polar surface area (TPSA) is 58.2 Å². The lowest BCUT2D eigenvalue weighted by Gasteiger charge is -2.12. The van der Waals surface area contributed by atoms with Gasteiger partial charge in [0, 0.05) is 23.5 Å². The predicted octanol–water partition coefficient (Wildman–Crippen LogP) is 2.86. The molecule has 2 rings (SSSR count). The maximum atomic E-state index is 12.2. The van der Waals surface area contributed by atoms with Crippen molar-refractivity contribution in [2.45, 2.75) is 68.8 Å². The number of hydrogen-bond acceptors (Lipinski definition) is 4. The number of unbranched alkanes of at least 4 members (excludes halogenated alkanes) is 1. The minimum absolute atomic E-state index is 0.00455.